The molecule has 0 aliphatic heterocycles. The van der Waals surface area contributed by atoms with E-state index in [-0.39, 0.29) is 0 Å². The van der Waals surface area contributed by atoms with Gasteiger partial charge in [0.25, 0.3) is 0 Å². The fraction of sp³-hybridized carbons (Fsp3) is 0.667. The first kappa shape index (κ1) is 6.91. The predicted octanol–water partition coefficient (Wildman–Crippen LogP) is 1.76. The maximum absolute atomic E-state index is 2.98. The first-order valence-electron chi connectivity index (χ1n) is 2.30. The molecule has 0 fully saturated rings. The average Bonchev–Trinajstić information content (AvgIpc) is 1.69. The average molecular weight is 114 g/mol. The van der Waals surface area contributed by atoms with Gasteiger partial charge in [-0.05, 0) is 13.2 Å². The molecule has 0 rings (SSSR count). The van der Waals surface area contributed by atoms with Gasteiger partial charge >= 0.3 is 0 Å². The third-order valence-corrected chi connectivity index (χ3v) is 1.22. The minimum Gasteiger partial charge on any atom is -0.164 e. The zero-order valence-corrected chi connectivity index (χ0v) is 5.64. The smallest absolute Gasteiger partial charge is 0.0179 e. The van der Waals surface area contributed by atoms with Gasteiger partial charge in [0.05, 0.1) is 0 Å². The minimum absolute atomic E-state index is 1.04. The lowest BCUT2D eigenvalue weighted by molar-refractivity contribution is 1.30. The summed E-state index contributed by atoms with van der Waals surface area (Å²) in [5.41, 5.74) is 0. The summed E-state index contributed by atoms with van der Waals surface area (Å²) in [6.45, 7) is 1.88. The van der Waals surface area contributed by atoms with Crippen LogP contribution in [-0.4, -0.2) is 12.0 Å². The van der Waals surface area contributed by atoms with Crippen molar-refractivity contribution in [2.24, 2.45) is 0 Å². The van der Waals surface area contributed by atoms with E-state index in [0.717, 1.165) is 6.42 Å². The van der Waals surface area contributed by atoms with Crippen LogP contribution in [0.15, 0.2) is 0 Å². The summed E-state index contributed by atoms with van der Waals surface area (Å²) in [4.78, 5) is 0. The SMILES string of the molecule is CC#CCCSC. The Kier molecular flexibility index (Phi) is 5.83. The fourth-order valence-electron chi connectivity index (χ4n) is 0.278. The van der Waals surface area contributed by atoms with Gasteiger partial charge in [-0.1, -0.05) is 0 Å². The van der Waals surface area contributed by atoms with Crippen LogP contribution in [-0.2, 0) is 0 Å². The standard InChI is InChI=1S/C6H10S/c1-3-4-5-6-7-2/h5-6H2,1-2H3. The van der Waals surface area contributed by atoms with Gasteiger partial charge in [0.1, 0.15) is 0 Å². The van der Waals surface area contributed by atoms with E-state index in [1.807, 2.05) is 18.7 Å². The third-order valence-electron chi connectivity index (χ3n) is 0.608. The highest BCUT2D eigenvalue weighted by Crippen LogP contribution is 1.92. The highest BCUT2D eigenvalue weighted by molar-refractivity contribution is 7.98. The van der Waals surface area contributed by atoms with Crippen LogP contribution in [0, 0.1) is 11.8 Å². The van der Waals surface area contributed by atoms with Crippen molar-refractivity contribution in [3.8, 4) is 11.8 Å². The maximum Gasteiger partial charge on any atom is 0.0179 e. The molecule has 0 atom stereocenters. The van der Waals surface area contributed by atoms with E-state index in [1.165, 1.54) is 5.75 Å². The van der Waals surface area contributed by atoms with Crippen molar-refractivity contribution >= 4 is 11.8 Å². The van der Waals surface area contributed by atoms with Gasteiger partial charge in [-0.3, -0.25) is 0 Å². The van der Waals surface area contributed by atoms with Gasteiger partial charge < -0.3 is 0 Å². The second kappa shape index (κ2) is 5.91. The molecule has 0 saturated carbocycles. The van der Waals surface area contributed by atoms with Crippen LogP contribution >= 0.6 is 11.8 Å². The molecule has 0 aliphatic carbocycles. The molecule has 0 radical (unpaired) electrons. The first-order valence-corrected chi connectivity index (χ1v) is 3.69. The molecular formula is C6H10S. The Morgan fingerprint density at radius 3 is 2.71 bits per heavy atom. The summed E-state index contributed by atoms with van der Waals surface area (Å²) in [7, 11) is 0. The van der Waals surface area contributed by atoms with Gasteiger partial charge in [-0.15, -0.1) is 11.8 Å². The van der Waals surface area contributed by atoms with Crippen molar-refractivity contribution in [1.82, 2.24) is 0 Å². The molecule has 1 heteroatoms. The zero-order valence-electron chi connectivity index (χ0n) is 4.82. The summed E-state index contributed by atoms with van der Waals surface area (Å²) in [6.07, 6.45) is 3.13. The van der Waals surface area contributed by atoms with Crippen molar-refractivity contribution in [2.75, 3.05) is 12.0 Å². The summed E-state index contributed by atoms with van der Waals surface area (Å²) in [5, 5.41) is 0. The molecule has 0 aromatic rings. The predicted molar refractivity (Wildman–Crippen MR) is 36.4 cm³/mol. The van der Waals surface area contributed by atoms with Gasteiger partial charge in [-0.25, -0.2) is 0 Å². The third kappa shape index (κ3) is 5.91. The summed E-state index contributed by atoms with van der Waals surface area (Å²) < 4.78 is 0. The molecule has 0 saturated heterocycles. The normalized spacial score (nSPS) is 7.14. The molecule has 0 aliphatic rings. The van der Waals surface area contributed by atoms with Crippen molar-refractivity contribution in [2.45, 2.75) is 13.3 Å². The number of hydrogen-bond donors (Lipinski definition) is 0. The lowest BCUT2D eigenvalue weighted by atomic mass is 10.5. The molecule has 7 heavy (non-hydrogen) atoms. The van der Waals surface area contributed by atoms with E-state index >= 15 is 0 Å². The monoisotopic (exact) mass is 114 g/mol. The molecule has 40 valence electrons. The Labute approximate surface area is 49.7 Å². The second-order valence-corrected chi connectivity index (χ2v) is 2.16. The number of rotatable bonds is 2. The summed E-state index contributed by atoms with van der Waals surface area (Å²) >= 11 is 1.84. The second-order valence-electron chi connectivity index (χ2n) is 1.17. The largest absolute Gasteiger partial charge is 0.164 e. The van der Waals surface area contributed by atoms with E-state index in [0.29, 0.717) is 0 Å². The van der Waals surface area contributed by atoms with E-state index in [2.05, 4.69) is 18.1 Å². The minimum atomic E-state index is 1.04. The Bertz CT molecular complexity index is 75.9. The van der Waals surface area contributed by atoms with Crippen LogP contribution in [0.1, 0.15) is 13.3 Å². The van der Waals surface area contributed by atoms with Crippen LogP contribution in [0.5, 0.6) is 0 Å². The Morgan fingerprint density at radius 2 is 2.29 bits per heavy atom. The number of thioether (sulfide) groups is 1. The van der Waals surface area contributed by atoms with E-state index in [1.54, 1.807) is 0 Å². The Balaban J connectivity index is 2.78. The Morgan fingerprint density at radius 1 is 1.57 bits per heavy atom. The van der Waals surface area contributed by atoms with Crippen LogP contribution in [0.2, 0.25) is 0 Å². The van der Waals surface area contributed by atoms with Crippen LogP contribution in [0.25, 0.3) is 0 Å². The van der Waals surface area contributed by atoms with Crippen LogP contribution < -0.4 is 0 Å². The molecule has 0 bridgehead atoms. The van der Waals surface area contributed by atoms with Gasteiger partial charge in [0.15, 0.2) is 0 Å². The lowest BCUT2D eigenvalue weighted by Crippen LogP contribution is -1.69. The summed E-state index contributed by atoms with van der Waals surface area (Å²) in [5.74, 6) is 6.99. The first-order chi connectivity index (χ1) is 3.41. The molecule has 0 nitrogen and oxygen atoms in total. The number of hydrogen-bond acceptors (Lipinski definition) is 1. The zero-order chi connectivity index (χ0) is 5.54. The van der Waals surface area contributed by atoms with E-state index in [9.17, 15) is 0 Å². The van der Waals surface area contributed by atoms with Crippen LogP contribution in [0.3, 0.4) is 0 Å². The van der Waals surface area contributed by atoms with Gasteiger partial charge in [-0.2, -0.15) is 11.8 Å². The molecule has 0 aromatic heterocycles. The van der Waals surface area contributed by atoms with Crippen molar-refractivity contribution < 1.29 is 0 Å². The highest BCUT2D eigenvalue weighted by atomic mass is 32.2. The van der Waals surface area contributed by atoms with Gasteiger partial charge in [0, 0.05) is 12.2 Å². The summed E-state index contributed by atoms with van der Waals surface area (Å²) in [6, 6.07) is 0. The molecule has 0 heterocycles. The quantitative estimate of drug-likeness (QED) is 0.389. The maximum atomic E-state index is 2.98. The lowest BCUT2D eigenvalue weighted by Gasteiger charge is -1.81. The van der Waals surface area contributed by atoms with Crippen molar-refractivity contribution in [3.05, 3.63) is 0 Å². The van der Waals surface area contributed by atoms with Crippen molar-refractivity contribution in [1.29, 1.82) is 0 Å². The highest BCUT2D eigenvalue weighted by Gasteiger charge is 1.72. The molecule has 0 spiro atoms. The van der Waals surface area contributed by atoms with Gasteiger partial charge in [0.2, 0.25) is 0 Å². The fourth-order valence-corrected chi connectivity index (χ4v) is 0.584. The topological polar surface area (TPSA) is 0 Å². The molecule has 0 unspecified atom stereocenters. The molecular weight excluding hydrogens is 104 g/mol. The van der Waals surface area contributed by atoms with Crippen molar-refractivity contribution in [3.63, 3.8) is 0 Å². The molecule has 0 aromatic carbocycles. The molecule has 0 amide bonds. The van der Waals surface area contributed by atoms with E-state index in [4.69, 9.17) is 0 Å². The van der Waals surface area contributed by atoms with Crippen LogP contribution in [0.4, 0.5) is 0 Å². The van der Waals surface area contributed by atoms with E-state index < -0.39 is 0 Å². The Hall–Kier alpha value is -0.0900. The molecule has 0 N–H and O–H groups in total.